The number of aliphatic hydroxyl groups excluding tert-OH is 3. The number of carbonyl (C=O) groups excluding carboxylic acids is 2. The van der Waals surface area contributed by atoms with Crippen molar-refractivity contribution in [2.24, 2.45) is 11.8 Å². The Balaban J connectivity index is 1.42. The fourth-order valence-electron chi connectivity index (χ4n) is 4.99. The molecule has 3 aliphatic heterocycles. The SMILES string of the molecule is COC(=O)C1=CO[C@@H](O[C@@H]2O[C@H](COC(=O)C=Cc3ccc(O)cc3)[C@@H](O)[C@H](O)[C@H]2O)[C@@H]2[C@@H]1C[C@@H](OC)O[C@@H]2C. The summed E-state index contributed by atoms with van der Waals surface area (Å²) in [5, 5.41) is 40.8. The third kappa shape index (κ3) is 6.63. The molecule has 0 aromatic heterocycles. The smallest absolute Gasteiger partial charge is 0.337 e. The first kappa shape index (κ1) is 29.9. The summed E-state index contributed by atoms with van der Waals surface area (Å²) in [6.07, 6.45) is -5.70. The average molecular weight is 567 g/mol. The molecule has 0 amide bonds. The highest BCUT2D eigenvalue weighted by Crippen LogP contribution is 2.43. The molecule has 1 aromatic carbocycles. The van der Waals surface area contributed by atoms with Crippen LogP contribution in [0.4, 0.5) is 0 Å². The van der Waals surface area contributed by atoms with Gasteiger partial charge in [0.25, 0.3) is 0 Å². The van der Waals surface area contributed by atoms with Crippen LogP contribution in [-0.2, 0) is 42.7 Å². The van der Waals surface area contributed by atoms with Crippen LogP contribution in [0, 0.1) is 11.8 Å². The zero-order chi connectivity index (χ0) is 29.0. The van der Waals surface area contributed by atoms with Gasteiger partial charge in [0.2, 0.25) is 6.29 Å². The third-order valence-electron chi connectivity index (χ3n) is 7.18. The highest BCUT2D eigenvalue weighted by atomic mass is 16.8. The summed E-state index contributed by atoms with van der Waals surface area (Å²) >= 11 is 0. The van der Waals surface area contributed by atoms with E-state index < -0.39 is 79.8 Å². The molecule has 220 valence electrons. The van der Waals surface area contributed by atoms with E-state index in [1.165, 1.54) is 38.7 Å². The Bertz CT molecular complexity index is 1090. The van der Waals surface area contributed by atoms with Crippen LogP contribution in [0.2, 0.25) is 0 Å². The number of ether oxygens (including phenoxy) is 7. The van der Waals surface area contributed by atoms with Crippen molar-refractivity contribution >= 4 is 18.0 Å². The van der Waals surface area contributed by atoms with E-state index in [-0.39, 0.29) is 11.3 Å². The quantitative estimate of drug-likeness (QED) is 0.248. The molecule has 0 unspecified atom stereocenters. The number of phenols is 1. The Morgan fingerprint density at radius 2 is 1.75 bits per heavy atom. The Morgan fingerprint density at radius 3 is 2.42 bits per heavy atom. The second-order valence-corrected chi connectivity index (χ2v) is 9.70. The van der Waals surface area contributed by atoms with E-state index in [1.807, 2.05) is 0 Å². The van der Waals surface area contributed by atoms with Crippen molar-refractivity contribution in [3.8, 4) is 5.75 Å². The zero-order valence-electron chi connectivity index (χ0n) is 22.2. The number of fused-ring (bicyclic) bond motifs is 1. The first-order valence-electron chi connectivity index (χ1n) is 12.7. The van der Waals surface area contributed by atoms with Crippen LogP contribution in [0.25, 0.3) is 6.08 Å². The van der Waals surface area contributed by atoms with E-state index in [9.17, 15) is 30.0 Å². The van der Waals surface area contributed by atoms with Crippen LogP contribution in [-0.4, -0.2) is 103 Å². The van der Waals surface area contributed by atoms with E-state index in [2.05, 4.69) is 0 Å². The molecule has 3 aliphatic rings. The molecule has 1 aromatic rings. The van der Waals surface area contributed by atoms with Gasteiger partial charge >= 0.3 is 11.9 Å². The molecule has 4 rings (SSSR count). The second kappa shape index (κ2) is 13.1. The molecule has 13 nitrogen and oxygen atoms in total. The molecule has 0 spiro atoms. The van der Waals surface area contributed by atoms with Gasteiger partial charge in [-0.1, -0.05) is 12.1 Å². The minimum absolute atomic E-state index is 0.0828. The summed E-state index contributed by atoms with van der Waals surface area (Å²) < 4.78 is 38.6. The third-order valence-corrected chi connectivity index (χ3v) is 7.18. The highest BCUT2D eigenvalue weighted by molar-refractivity contribution is 5.89. The topological polar surface area (TPSA) is 180 Å². The Kier molecular flexibility index (Phi) is 9.79. The molecule has 0 saturated carbocycles. The van der Waals surface area contributed by atoms with E-state index in [4.69, 9.17) is 33.2 Å². The van der Waals surface area contributed by atoms with Gasteiger partial charge in [-0.15, -0.1) is 0 Å². The van der Waals surface area contributed by atoms with Crippen LogP contribution in [0.3, 0.4) is 0 Å². The number of rotatable bonds is 8. The van der Waals surface area contributed by atoms with E-state index in [1.54, 1.807) is 19.1 Å². The molecular weight excluding hydrogens is 532 g/mol. The molecule has 2 fully saturated rings. The van der Waals surface area contributed by atoms with Gasteiger partial charge in [0.15, 0.2) is 12.6 Å². The van der Waals surface area contributed by atoms with Crippen molar-refractivity contribution in [3.05, 3.63) is 47.7 Å². The number of hydrogen-bond acceptors (Lipinski definition) is 13. The second-order valence-electron chi connectivity index (χ2n) is 9.70. The Labute approximate surface area is 230 Å². The van der Waals surface area contributed by atoms with Crippen molar-refractivity contribution in [2.75, 3.05) is 20.8 Å². The maximum Gasteiger partial charge on any atom is 0.337 e. The fourth-order valence-corrected chi connectivity index (χ4v) is 4.99. The molecule has 4 N–H and O–H groups in total. The summed E-state index contributed by atoms with van der Waals surface area (Å²) in [6.45, 7) is 1.30. The molecular formula is C27H34O13. The number of esters is 2. The number of methoxy groups -OCH3 is 2. The predicted molar refractivity (Wildman–Crippen MR) is 134 cm³/mol. The average Bonchev–Trinajstić information content (AvgIpc) is 2.95. The van der Waals surface area contributed by atoms with Gasteiger partial charge in [-0.3, -0.25) is 0 Å². The lowest BCUT2D eigenvalue weighted by Crippen LogP contribution is -2.61. The largest absolute Gasteiger partial charge is 0.508 e. The minimum Gasteiger partial charge on any atom is -0.508 e. The molecule has 0 radical (unpaired) electrons. The molecule has 13 heteroatoms. The number of aliphatic hydroxyl groups is 3. The molecule has 0 aliphatic carbocycles. The molecule has 0 bridgehead atoms. The number of aromatic hydroxyl groups is 1. The molecule has 3 heterocycles. The van der Waals surface area contributed by atoms with Crippen molar-refractivity contribution < 1.29 is 63.2 Å². The normalized spacial score (nSPS) is 35.8. The Hall–Kier alpha value is -3.04. The van der Waals surface area contributed by atoms with Crippen LogP contribution >= 0.6 is 0 Å². The van der Waals surface area contributed by atoms with Crippen LogP contribution in [0.1, 0.15) is 18.9 Å². The lowest BCUT2D eigenvalue weighted by Gasteiger charge is -2.47. The van der Waals surface area contributed by atoms with Crippen LogP contribution < -0.4 is 0 Å². The van der Waals surface area contributed by atoms with Crippen molar-refractivity contribution in [1.29, 1.82) is 0 Å². The van der Waals surface area contributed by atoms with Crippen molar-refractivity contribution in [3.63, 3.8) is 0 Å². The van der Waals surface area contributed by atoms with E-state index in [0.29, 0.717) is 12.0 Å². The number of hydrogen-bond donors (Lipinski definition) is 4. The maximum atomic E-state index is 12.4. The number of carbonyl (C=O) groups is 2. The van der Waals surface area contributed by atoms with Gasteiger partial charge in [0.05, 0.1) is 31.0 Å². The molecule has 2 saturated heterocycles. The van der Waals surface area contributed by atoms with Gasteiger partial charge in [-0.05, 0) is 30.7 Å². The lowest BCUT2D eigenvalue weighted by atomic mass is 9.77. The molecule has 40 heavy (non-hydrogen) atoms. The zero-order valence-corrected chi connectivity index (χ0v) is 22.2. The Morgan fingerprint density at radius 1 is 1.02 bits per heavy atom. The first-order chi connectivity index (χ1) is 19.1. The fraction of sp³-hybridized carbons (Fsp3) is 0.556. The summed E-state index contributed by atoms with van der Waals surface area (Å²) in [5.41, 5.74) is 0.916. The van der Waals surface area contributed by atoms with Crippen molar-refractivity contribution in [1.82, 2.24) is 0 Å². The van der Waals surface area contributed by atoms with Gasteiger partial charge in [0.1, 0.15) is 36.8 Å². The highest BCUT2D eigenvalue weighted by Gasteiger charge is 2.52. The van der Waals surface area contributed by atoms with E-state index >= 15 is 0 Å². The van der Waals surface area contributed by atoms with Gasteiger partial charge in [-0.2, -0.15) is 0 Å². The summed E-state index contributed by atoms with van der Waals surface area (Å²) in [4.78, 5) is 24.6. The summed E-state index contributed by atoms with van der Waals surface area (Å²) in [7, 11) is 2.74. The van der Waals surface area contributed by atoms with Gasteiger partial charge in [-0.25, -0.2) is 9.59 Å². The van der Waals surface area contributed by atoms with Crippen LogP contribution in [0.5, 0.6) is 5.75 Å². The number of benzene rings is 1. The van der Waals surface area contributed by atoms with Crippen molar-refractivity contribution in [2.45, 2.75) is 62.7 Å². The molecule has 10 atom stereocenters. The summed E-state index contributed by atoms with van der Waals surface area (Å²) in [6, 6.07) is 6.12. The summed E-state index contributed by atoms with van der Waals surface area (Å²) in [5.74, 6) is -2.23. The standard InChI is InChI=1S/C27H34O13/c1-13-21-16(10-20(34-2)38-13)17(25(33)35-3)11-37-26(21)40-27-24(32)23(31)22(30)18(39-27)12-36-19(29)9-6-14-4-7-15(28)8-5-14/h4-9,11,13,16,18,20-24,26-28,30-32H,10,12H2,1-3H3/t13-,16-,18-,20+,21+,22-,23+,24-,26+,27+/m1/s1. The van der Waals surface area contributed by atoms with Gasteiger partial charge < -0.3 is 53.6 Å². The monoisotopic (exact) mass is 566 g/mol. The lowest BCUT2D eigenvalue weighted by molar-refractivity contribution is -0.353. The van der Waals surface area contributed by atoms with Gasteiger partial charge in [0, 0.05) is 25.5 Å². The predicted octanol–water partition coefficient (Wildman–Crippen LogP) is 0.200. The maximum absolute atomic E-state index is 12.4. The minimum atomic E-state index is -1.69. The van der Waals surface area contributed by atoms with E-state index in [0.717, 1.165) is 6.08 Å². The first-order valence-corrected chi connectivity index (χ1v) is 12.7. The van der Waals surface area contributed by atoms with Crippen LogP contribution in [0.15, 0.2) is 42.2 Å². The number of phenolic OH excluding ortho intramolecular Hbond substituents is 1.